The zero-order chi connectivity index (χ0) is 18.1. The van der Waals surface area contributed by atoms with Gasteiger partial charge >= 0.3 is 0 Å². The minimum atomic E-state index is -0.150. The van der Waals surface area contributed by atoms with Gasteiger partial charge < -0.3 is 14.4 Å². The Kier molecular flexibility index (Phi) is 4.24. The van der Waals surface area contributed by atoms with Gasteiger partial charge in [0, 0.05) is 30.0 Å². The smallest absolute Gasteiger partial charge is 0.251 e. The van der Waals surface area contributed by atoms with Gasteiger partial charge in [0.25, 0.3) is 5.91 Å². The van der Waals surface area contributed by atoms with E-state index in [4.69, 9.17) is 4.52 Å². The number of rotatable bonds is 5. The summed E-state index contributed by atoms with van der Waals surface area (Å²) in [6, 6.07) is 7.14. The van der Waals surface area contributed by atoms with Crippen molar-refractivity contribution in [3.63, 3.8) is 0 Å². The monoisotopic (exact) mass is 352 g/mol. The largest absolute Gasteiger partial charge is 0.345 e. The summed E-state index contributed by atoms with van der Waals surface area (Å²) in [6.07, 6.45) is 2.04. The highest BCUT2D eigenvalue weighted by Gasteiger charge is 2.18. The van der Waals surface area contributed by atoms with Crippen LogP contribution in [0.25, 0.3) is 11.4 Å². The van der Waals surface area contributed by atoms with E-state index in [1.54, 1.807) is 12.1 Å². The Bertz CT molecular complexity index is 926. The normalized spacial score (nSPS) is 13.2. The number of hydrogen-bond acceptors (Lipinski definition) is 6. The molecular formula is C18H20N6O2. The number of fused-ring (bicyclic) bond motifs is 1. The molecule has 2 aromatic heterocycles. The predicted octanol–water partition coefficient (Wildman–Crippen LogP) is 2.33. The molecule has 1 amide bonds. The van der Waals surface area contributed by atoms with Gasteiger partial charge in [0.15, 0.2) is 5.82 Å². The predicted molar refractivity (Wildman–Crippen MR) is 93.3 cm³/mol. The fourth-order valence-electron chi connectivity index (χ4n) is 2.96. The van der Waals surface area contributed by atoms with Gasteiger partial charge in [-0.1, -0.05) is 31.1 Å². The lowest BCUT2D eigenvalue weighted by Gasteiger charge is -2.06. The van der Waals surface area contributed by atoms with Crippen molar-refractivity contribution in [1.82, 2.24) is 30.2 Å². The van der Waals surface area contributed by atoms with Crippen LogP contribution in [0.5, 0.6) is 0 Å². The number of amides is 1. The Morgan fingerprint density at radius 1 is 1.27 bits per heavy atom. The highest BCUT2D eigenvalue weighted by Crippen LogP contribution is 2.20. The molecule has 0 fully saturated rings. The molecule has 0 saturated carbocycles. The van der Waals surface area contributed by atoms with Crippen LogP contribution in [0.15, 0.2) is 28.8 Å². The molecule has 26 heavy (non-hydrogen) atoms. The van der Waals surface area contributed by atoms with E-state index in [1.165, 1.54) is 0 Å². The number of benzene rings is 1. The van der Waals surface area contributed by atoms with Crippen molar-refractivity contribution in [2.24, 2.45) is 0 Å². The van der Waals surface area contributed by atoms with Gasteiger partial charge in [0.05, 0.1) is 6.54 Å². The Morgan fingerprint density at radius 2 is 2.08 bits per heavy atom. The lowest BCUT2D eigenvalue weighted by Crippen LogP contribution is -2.24. The van der Waals surface area contributed by atoms with E-state index >= 15 is 0 Å². The molecule has 134 valence electrons. The summed E-state index contributed by atoms with van der Waals surface area (Å²) in [5, 5.41) is 15.2. The molecule has 0 radical (unpaired) electrons. The first-order valence-electron chi connectivity index (χ1n) is 8.75. The lowest BCUT2D eigenvalue weighted by molar-refractivity contribution is 0.0949. The van der Waals surface area contributed by atoms with E-state index < -0.39 is 0 Å². The average Bonchev–Trinajstić information content (AvgIpc) is 3.37. The molecule has 1 N–H and O–H groups in total. The number of aryl methyl sites for hydroxylation is 1. The number of carbonyl (C=O) groups is 1. The van der Waals surface area contributed by atoms with Crippen molar-refractivity contribution < 1.29 is 9.32 Å². The molecule has 1 aromatic carbocycles. The second-order valence-corrected chi connectivity index (χ2v) is 6.66. The molecule has 1 aliphatic rings. The second-order valence-electron chi connectivity index (χ2n) is 6.66. The van der Waals surface area contributed by atoms with Crippen LogP contribution in [-0.2, 0) is 19.5 Å². The lowest BCUT2D eigenvalue weighted by atomic mass is 10.1. The maximum atomic E-state index is 12.4. The van der Waals surface area contributed by atoms with Gasteiger partial charge in [-0.25, -0.2) is 0 Å². The quantitative estimate of drug-likeness (QED) is 0.757. The standard InChI is InChI=1S/C18H20N6O2/c1-11(2)18-20-16(23-26-18)12-5-7-13(8-6-12)17(25)19-10-15-22-21-14-4-3-9-24(14)15/h5-8,11H,3-4,9-10H2,1-2H3,(H,19,25). The molecule has 8 nitrogen and oxygen atoms in total. The van der Waals surface area contributed by atoms with E-state index in [0.29, 0.717) is 23.8 Å². The summed E-state index contributed by atoms with van der Waals surface area (Å²) in [4.78, 5) is 16.7. The third-order valence-corrected chi connectivity index (χ3v) is 4.43. The van der Waals surface area contributed by atoms with Gasteiger partial charge in [-0.05, 0) is 18.6 Å². The van der Waals surface area contributed by atoms with Crippen molar-refractivity contribution in [3.8, 4) is 11.4 Å². The van der Waals surface area contributed by atoms with Gasteiger partial charge in [0.1, 0.15) is 5.82 Å². The third kappa shape index (κ3) is 3.10. The highest BCUT2D eigenvalue weighted by molar-refractivity contribution is 5.94. The number of carbonyl (C=O) groups excluding carboxylic acids is 1. The van der Waals surface area contributed by atoms with Crippen molar-refractivity contribution >= 4 is 5.91 Å². The van der Waals surface area contributed by atoms with Crippen LogP contribution in [-0.4, -0.2) is 30.8 Å². The SMILES string of the molecule is CC(C)c1nc(-c2ccc(C(=O)NCc3nnc4n3CCC4)cc2)no1. The molecule has 8 heteroatoms. The molecule has 3 heterocycles. The van der Waals surface area contributed by atoms with Gasteiger partial charge in [-0.3, -0.25) is 4.79 Å². The van der Waals surface area contributed by atoms with E-state index in [2.05, 4.69) is 30.2 Å². The van der Waals surface area contributed by atoms with Crippen LogP contribution >= 0.6 is 0 Å². The first-order valence-corrected chi connectivity index (χ1v) is 8.75. The maximum absolute atomic E-state index is 12.4. The fourth-order valence-corrected chi connectivity index (χ4v) is 2.96. The number of aromatic nitrogens is 5. The molecule has 0 spiro atoms. The first kappa shape index (κ1) is 16.4. The van der Waals surface area contributed by atoms with Gasteiger partial charge in [-0.15, -0.1) is 10.2 Å². The molecule has 3 aromatic rings. The Balaban J connectivity index is 1.41. The zero-order valence-corrected chi connectivity index (χ0v) is 14.8. The Hall–Kier alpha value is -3.03. The van der Waals surface area contributed by atoms with E-state index in [-0.39, 0.29) is 11.8 Å². The fraction of sp³-hybridized carbons (Fsp3) is 0.389. The summed E-state index contributed by atoms with van der Waals surface area (Å²) < 4.78 is 7.29. The van der Waals surface area contributed by atoms with Crippen LogP contribution in [0.3, 0.4) is 0 Å². The van der Waals surface area contributed by atoms with Crippen LogP contribution in [0.1, 0.15) is 54.1 Å². The number of hydrogen-bond donors (Lipinski definition) is 1. The third-order valence-electron chi connectivity index (χ3n) is 4.43. The summed E-state index contributed by atoms with van der Waals surface area (Å²) in [6.45, 7) is 5.28. The first-order chi connectivity index (χ1) is 12.6. The number of nitrogens with zero attached hydrogens (tertiary/aromatic N) is 5. The van der Waals surface area contributed by atoms with Crippen LogP contribution in [0, 0.1) is 0 Å². The second kappa shape index (κ2) is 6.70. The molecule has 0 unspecified atom stereocenters. The molecule has 4 rings (SSSR count). The Morgan fingerprint density at radius 3 is 2.81 bits per heavy atom. The van der Waals surface area contributed by atoms with Gasteiger partial charge in [-0.2, -0.15) is 4.98 Å². The minimum Gasteiger partial charge on any atom is -0.345 e. The highest BCUT2D eigenvalue weighted by atomic mass is 16.5. The molecular weight excluding hydrogens is 332 g/mol. The number of nitrogens with one attached hydrogen (secondary N) is 1. The molecule has 0 saturated heterocycles. The van der Waals surface area contributed by atoms with Gasteiger partial charge in [0.2, 0.25) is 11.7 Å². The molecule has 0 aliphatic carbocycles. The van der Waals surface area contributed by atoms with Crippen LogP contribution in [0.2, 0.25) is 0 Å². The minimum absolute atomic E-state index is 0.150. The van der Waals surface area contributed by atoms with Crippen molar-refractivity contribution in [3.05, 3.63) is 47.4 Å². The summed E-state index contributed by atoms with van der Waals surface area (Å²) in [7, 11) is 0. The molecule has 0 bridgehead atoms. The van der Waals surface area contributed by atoms with Crippen LogP contribution < -0.4 is 5.32 Å². The van der Waals surface area contributed by atoms with E-state index in [1.807, 2.05) is 26.0 Å². The zero-order valence-electron chi connectivity index (χ0n) is 14.8. The molecule has 0 atom stereocenters. The van der Waals surface area contributed by atoms with Crippen molar-refractivity contribution in [2.45, 2.75) is 45.7 Å². The van der Waals surface area contributed by atoms with Crippen molar-refractivity contribution in [2.75, 3.05) is 0 Å². The summed E-state index contributed by atoms with van der Waals surface area (Å²) >= 11 is 0. The van der Waals surface area contributed by atoms with E-state index in [0.717, 1.165) is 36.6 Å². The molecule has 1 aliphatic heterocycles. The van der Waals surface area contributed by atoms with E-state index in [9.17, 15) is 4.79 Å². The van der Waals surface area contributed by atoms with Crippen molar-refractivity contribution in [1.29, 1.82) is 0 Å². The summed E-state index contributed by atoms with van der Waals surface area (Å²) in [5.74, 6) is 2.96. The summed E-state index contributed by atoms with van der Waals surface area (Å²) in [5.41, 5.74) is 1.38. The maximum Gasteiger partial charge on any atom is 0.251 e. The topological polar surface area (TPSA) is 98.7 Å². The average molecular weight is 352 g/mol. The van der Waals surface area contributed by atoms with Crippen LogP contribution in [0.4, 0.5) is 0 Å². The Labute approximate surface area is 150 Å².